The minimum absolute atomic E-state index is 0.0224. The van der Waals surface area contributed by atoms with Crippen molar-refractivity contribution < 1.29 is 14.5 Å². The lowest BCUT2D eigenvalue weighted by Crippen LogP contribution is -2.34. The number of carbonyl (C=O) groups excluding carboxylic acids is 1. The lowest BCUT2D eigenvalue weighted by atomic mass is 9.94. The topological polar surface area (TPSA) is 97.1 Å². The molecular weight excluding hydrogens is 464 g/mol. The second kappa shape index (κ2) is 10.9. The summed E-state index contributed by atoms with van der Waals surface area (Å²) in [4.78, 5) is 25.0. The van der Waals surface area contributed by atoms with E-state index in [1.54, 1.807) is 12.1 Å². The highest BCUT2D eigenvalue weighted by molar-refractivity contribution is 9.10. The van der Waals surface area contributed by atoms with Crippen molar-refractivity contribution >= 4 is 39.4 Å². The van der Waals surface area contributed by atoms with Gasteiger partial charge in [0.05, 0.1) is 15.6 Å². The number of nitro groups is 1. The highest BCUT2D eigenvalue weighted by Crippen LogP contribution is 2.30. The number of rotatable bonds is 8. The normalized spacial score (nSPS) is 14.4. The largest absolute Gasteiger partial charge is 0.483 e. The Morgan fingerprint density at radius 1 is 1.29 bits per heavy atom. The molecule has 3 rings (SSSR count). The van der Waals surface area contributed by atoms with E-state index in [1.807, 2.05) is 25.2 Å². The summed E-state index contributed by atoms with van der Waals surface area (Å²) in [5, 5.41) is 15.2. The number of nitro benzene ring substituents is 1. The van der Waals surface area contributed by atoms with Crippen LogP contribution in [0.4, 0.5) is 11.4 Å². The molecule has 1 fully saturated rings. The van der Waals surface area contributed by atoms with Crippen molar-refractivity contribution in [3.63, 3.8) is 0 Å². The van der Waals surface area contributed by atoms with Crippen LogP contribution in [0.3, 0.4) is 0 Å². The van der Waals surface area contributed by atoms with Gasteiger partial charge in [-0.1, -0.05) is 31.4 Å². The van der Waals surface area contributed by atoms with E-state index in [0.29, 0.717) is 17.4 Å². The zero-order chi connectivity index (χ0) is 22.2. The van der Waals surface area contributed by atoms with E-state index >= 15 is 0 Å². The third-order valence-corrected chi connectivity index (χ3v) is 5.97. The van der Waals surface area contributed by atoms with Gasteiger partial charge in [-0.2, -0.15) is 5.10 Å². The summed E-state index contributed by atoms with van der Waals surface area (Å²) < 4.78 is 6.21. The van der Waals surface area contributed by atoms with Crippen molar-refractivity contribution in [2.75, 3.05) is 18.6 Å². The number of amides is 1. The van der Waals surface area contributed by atoms with E-state index in [4.69, 9.17) is 4.74 Å². The Morgan fingerprint density at radius 2 is 2.03 bits per heavy atom. The van der Waals surface area contributed by atoms with Crippen LogP contribution in [0.5, 0.6) is 5.75 Å². The summed E-state index contributed by atoms with van der Waals surface area (Å²) in [6.45, 7) is -0.205. The van der Waals surface area contributed by atoms with E-state index < -0.39 is 10.8 Å². The first-order valence-corrected chi connectivity index (χ1v) is 11.0. The van der Waals surface area contributed by atoms with Gasteiger partial charge in [0.15, 0.2) is 6.61 Å². The maximum atomic E-state index is 12.1. The van der Waals surface area contributed by atoms with Gasteiger partial charge < -0.3 is 9.64 Å². The summed E-state index contributed by atoms with van der Waals surface area (Å²) in [5.41, 5.74) is 3.82. The van der Waals surface area contributed by atoms with E-state index in [-0.39, 0.29) is 12.3 Å². The first-order valence-electron chi connectivity index (χ1n) is 10.2. The zero-order valence-corrected chi connectivity index (χ0v) is 18.9. The summed E-state index contributed by atoms with van der Waals surface area (Å²) in [6.07, 6.45) is 7.23. The molecule has 1 saturated carbocycles. The molecule has 0 aromatic heterocycles. The van der Waals surface area contributed by atoms with Crippen LogP contribution in [-0.4, -0.2) is 36.7 Å². The molecule has 0 spiro atoms. The van der Waals surface area contributed by atoms with Crippen LogP contribution >= 0.6 is 15.9 Å². The van der Waals surface area contributed by atoms with Crippen LogP contribution in [0.2, 0.25) is 0 Å². The molecule has 8 nitrogen and oxygen atoms in total. The fraction of sp³-hybridized carbons (Fsp3) is 0.364. The van der Waals surface area contributed by atoms with Gasteiger partial charge >= 0.3 is 0 Å². The predicted octanol–water partition coefficient (Wildman–Crippen LogP) is 4.66. The number of nitrogens with zero attached hydrogens (tertiary/aromatic N) is 3. The van der Waals surface area contributed by atoms with E-state index in [9.17, 15) is 14.9 Å². The Kier molecular flexibility index (Phi) is 8.00. The van der Waals surface area contributed by atoms with Crippen molar-refractivity contribution in [1.82, 2.24) is 5.43 Å². The van der Waals surface area contributed by atoms with Gasteiger partial charge in [0.1, 0.15) is 5.75 Å². The maximum Gasteiger partial charge on any atom is 0.277 e. The lowest BCUT2D eigenvalue weighted by Gasteiger charge is -2.33. The van der Waals surface area contributed by atoms with E-state index in [1.165, 1.54) is 37.6 Å². The van der Waals surface area contributed by atoms with Crippen molar-refractivity contribution in [2.24, 2.45) is 5.10 Å². The van der Waals surface area contributed by atoms with Crippen LogP contribution in [0, 0.1) is 10.1 Å². The fourth-order valence-electron chi connectivity index (χ4n) is 3.66. The standard InChI is InChI=1S/C22H25BrN4O4/c1-26(17-7-3-2-4-8-17)20-12-11-18(27(29)30)13-16(20)14-24-25-22(28)15-31-21-10-6-5-9-19(21)23/h5-6,9-14,17H,2-4,7-8,15H2,1H3,(H,25,28)/b24-14-. The van der Waals surface area contributed by atoms with E-state index in [0.717, 1.165) is 23.0 Å². The molecule has 1 N–H and O–H groups in total. The van der Waals surface area contributed by atoms with Gasteiger partial charge in [0.2, 0.25) is 0 Å². The SMILES string of the molecule is CN(c1ccc([N+](=O)[O-])cc1/C=N\NC(=O)COc1ccccc1Br)C1CCCCC1. The van der Waals surface area contributed by atoms with Gasteiger partial charge in [-0.25, -0.2) is 5.43 Å². The van der Waals surface area contributed by atoms with Gasteiger partial charge in [-0.05, 0) is 47.0 Å². The van der Waals surface area contributed by atoms with Gasteiger partial charge in [0.25, 0.3) is 11.6 Å². The fourth-order valence-corrected chi connectivity index (χ4v) is 4.06. The number of hydrazone groups is 1. The number of non-ortho nitro benzene ring substituents is 1. The molecule has 0 radical (unpaired) electrons. The number of benzene rings is 2. The maximum absolute atomic E-state index is 12.1. The highest BCUT2D eigenvalue weighted by atomic mass is 79.9. The smallest absolute Gasteiger partial charge is 0.277 e. The monoisotopic (exact) mass is 488 g/mol. The number of hydrogen-bond donors (Lipinski definition) is 1. The molecule has 0 unspecified atom stereocenters. The number of halogens is 1. The van der Waals surface area contributed by atoms with Crippen LogP contribution in [0.1, 0.15) is 37.7 Å². The average Bonchev–Trinajstić information content (AvgIpc) is 2.78. The van der Waals surface area contributed by atoms with Crippen LogP contribution in [-0.2, 0) is 4.79 Å². The number of ether oxygens (including phenoxy) is 1. The number of para-hydroxylation sites is 1. The van der Waals surface area contributed by atoms with Crippen molar-refractivity contribution in [1.29, 1.82) is 0 Å². The molecule has 1 aliphatic rings. The molecule has 1 amide bonds. The highest BCUT2D eigenvalue weighted by Gasteiger charge is 2.21. The predicted molar refractivity (Wildman–Crippen MR) is 124 cm³/mol. The average molecular weight is 489 g/mol. The van der Waals surface area contributed by atoms with Crippen LogP contribution < -0.4 is 15.1 Å². The zero-order valence-electron chi connectivity index (χ0n) is 17.3. The van der Waals surface area contributed by atoms with Crippen LogP contribution in [0.15, 0.2) is 52.0 Å². The van der Waals surface area contributed by atoms with Crippen molar-refractivity contribution in [2.45, 2.75) is 38.1 Å². The Hall–Kier alpha value is -2.94. The molecular formula is C22H25BrN4O4. The molecule has 31 heavy (non-hydrogen) atoms. The minimum atomic E-state index is -0.439. The molecule has 1 aliphatic carbocycles. The molecule has 2 aromatic carbocycles. The summed E-state index contributed by atoms with van der Waals surface area (Å²) in [7, 11) is 2.00. The molecule has 0 saturated heterocycles. The molecule has 0 bridgehead atoms. The minimum Gasteiger partial charge on any atom is -0.483 e. The quantitative estimate of drug-likeness (QED) is 0.331. The van der Waals surface area contributed by atoms with Gasteiger partial charge in [-0.3, -0.25) is 14.9 Å². The first-order chi connectivity index (χ1) is 15.0. The third kappa shape index (κ3) is 6.27. The molecule has 0 atom stereocenters. The van der Waals surface area contributed by atoms with Gasteiger partial charge in [0, 0.05) is 36.5 Å². The summed E-state index contributed by atoms with van der Waals surface area (Å²) >= 11 is 3.36. The number of anilines is 1. The molecule has 0 heterocycles. The Morgan fingerprint density at radius 3 is 2.74 bits per heavy atom. The molecule has 0 aliphatic heterocycles. The second-order valence-corrected chi connectivity index (χ2v) is 8.27. The number of hydrogen-bond acceptors (Lipinski definition) is 6. The Bertz CT molecular complexity index is 960. The van der Waals surface area contributed by atoms with Gasteiger partial charge in [-0.15, -0.1) is 0 Å². The number of carbonyl (C=O) groups is 1. The molecule has 2 aromatic rings. The first kappa shape index (κ1) is 22.7. The van der Waals surface area contributed by atoms with Crippen molar-refractivity contribution in [3.05, 3.63) is 62.6 Å². The molecule has 164 valence electrons. The number of nitrogens with one attached hydrogen (secondary N) is 1. The second-order valence-electron chi connectivity index (χ2n) is 7.42. The van der Waals surface area contributed by atoms with E-state index in [2.05, 4.69) is 31.4 Å². The van der Waals surface area contributed by atoms with Crippen LogP contribution in [0.25, 0.3) is 0 Å². The third-order valence-electron chi connectivity index (χ3n) is 5.31. The summed E-state index contributed by atoms with van der Waals surface area (Å²) in [6, 6.07) is 12.3. The summed E-state index contributed by atoms with van der Waals surface area (Å²) in [5.74, 6) is 0.122. The lowest BCUT2D eigenvalue weighted by molar-refractivity contribution is -0.384. The van der Waals surface area contributed by atoms with Crippen molar-refractivity contribution in [3.8, 4) is 5.75 Å². The molecule has 9 heteroatoms. The Labute approximate surface area is 189 Å². The Balaban J connectivity index is 1.68.